The summed E-state index contributed by atoms with van der Waals surface area (Å²) in [6, 6.07) is 0. The molecule has 1 aromatic rings. The maximum atomic E-state index is 12.0. The minimum Gasteiger partial charge on any atom is -0.298 e. The lowest BCUT2D eigenvalue weighted by Crippen LogP contribution is -2.29. The van der Waals surface area contributed by atoms with E-state index in [1.165, 1.54) is 6.42 Å². The van der Waals surface area contributed by atoms with Gasteiger partial charge in [0.05, 0.1) is 10.3 Å². The Labute approximate surface area is 92.1 Å². The van der Waals surface area contributed by atoms with Gasteiger partial charge in [-0.15, -0.1) is 23.1 Å². The summed E-state index contributed by atoms with van der Waals surface area (Å²) >= 11 is 3.38. The second-order valence-electron chi connectivity index (χ2n) is 3.75. The van der Waals surface area contributed by atoms with Gasteiger partial charge in [0.1, 0.15) is 0 Å². The summed E-state index contributed by atoms with van der Waals surface area (Å²) < 4.78 is -0.121. The van der Waals surface area contributed by atoms with E-state index in [0.717, 1.165) is 17.1 Å². The predicted molar refractivity (Wildman–Crippen MR) is 60.9 cm³/mol. The molecule has 76 valence electrons. The molecule has 0 saturated carbocycles. The number of hydrogen-bond acceptors (Lipinski definition) is 4. The van der Waals surface area contributed by atoms with Gasteiger partial charge in [0.15, 0.2) is 5.78 Å². The van der Waals surface area contributed by atoms with Crippen molar-refractivity contribution in [3.8, 4) is 0 Å². The molecule has 1 fully saturated rings. The predicted octanol–water partition coefficient (Wildman–Crippen LogP) is 2.54. The molecule has 0 radical (unpaired) electrons. The Hall–Kier alpha value is -0.350. The molecular formula is C10H13NOS2. The zero-order chi connectivity index (χ0) is 10.0. The van der Waals surface area contributed by atoms with Crippen LogP contribution in [0.25, 0.3) is 0 Å². The first kappa shape index (κ1) is 10.2. The van der Waals surface area contributed by atoms with E-state index in [-0.39, 0.29) is 4.75 Å². The minimum absolute atomic E-state index is 0.121. The van der Waals surface area contributed by atoms with E-state index in [9.17, 15) is 4.79 Å². The number of ketones is 1. The molecule has 1 aromatic heterocycles. The molecule has 2 nitrogen and oxygen atoms in total. The summed E-state index contributed by atoms with van der Waals surface area (Å²) in [4.78, 5) is 17.1. The van der Waals surface area contributed by atoms with Crippen LogP contribution in [0.5, 0.6) is 0 Å². The first-order chi connectivity index (χ1) is 6.71. The van der Waals surface area contributed by atoms with Gasteiger partial charge >= 0.3 is 0 Å². The number of aromatic nitrogens is 1. The van der Waals surface area contributed by atoms with E-state index < -0.39 is 0 Å². The highest BCUT2D eigenvalue weighted by Gasteiger charge is 2.36. The smallest absolute Gasteiger partial charge is 0.153 e. The van der Waals surface area contributed by atoms with Gasteiger partial charge in [-0.3, -0.25) is 9.78 Å². The number of hydrogen-bond donors (Lipinski definition) is 0. The standard InChI is InChI=1S/C10H13NOS2/c1-10(3-2-4-14-10)9(12)5-8-6-11-7-13-8/h6-7H,2-5H2,1H3. The Morgan fingerprint density at radius 2 is 2.57 bits per heavy atom. The summed E-state index contributed by atoms with van der Waals surface area (Å²) in [5.74, 6) is 1.49. The van der Waals surface area contributed by atoms with Crippen LogP contribution in [-0.4, -0.2) is 21.3 Å². The van der Waals surface area contributed by atoms with Crippen molar-refractivity contribution in [2.45, 2.75) is 30.9 Å². The molecule has 0 aromatic carbocycles. The quantitative estimate of drug-likeness (QED) is 0.795. The van der Waals surface area contributed by atoms with E-state index in [1.807, 2.05) is 11.8 Å². The molecular weight excluding hydrogens is 214 g/mol. The van der Waals surface area contributed by atoms with Gasteiger partial charge < -0.3 is 0 Å². The molecule has 1 atom stereocenters. The van der Waals surface area contributed by atoms with Crippen molar-refractivity contribution in [2.75, 3.05) is 5.75 Å². The molecule has 0 amide bonds. The molecule has 1 saturated heterocycles. The number of nitrogens with zero attached hydrogens (tertiary/aromatic N) is 1. The molecule has 0 spiro atoms. The van der Waals surface area contributed by atoms with Crippen LogP contribution >= 0.6 is 23.1 Å². The zero-order valence-corrected chi connectivity index (χ0v) is 9.79. The van der Waals surface area contributed by atoms with Gasteiger partial charge in [-0.25, -0.2) is 0 Å². The fourth-order valence-corrected chi connectivity index (χ4v) is 3.53. The van der Waals surface area contributed by atoms with Crippen LogP contribution in [-0.2, 0) is 11.2 Å². The first-order valence-electron chi connectivity index (χ1n) is 4.75. The van der Waals surface area contributed by atoms with Gasteiger partial charge in [0.25, 0.3) is 0 Å². The highest BCUT2D eigenvalue weighted by atomic mass is 32.2. The van der Waals surface area contributed by atoms with Gasteiger partial charge in [-0.1, -0.05) is 0 Å². The molecule has 0 bridgehead atoms. The van der Waals surface area contributed by atoms with Crippen LogP contribution in [0.4, 0.5) is 0 Å². The lowest BCUT2D eigenvalue weighted by molar-refractivity contribution is -0.120. The lowest BCUT2D eigenvalue weighted by Gasteiger charge is -2.20. The Bertz CT molecular complexity index is 315. The SMILES string of the molecule is CC1(C(=O)Cc2cncs2)CCCS1. The van der Waals surface area contributed by atoms with Crippen molar-refractivity contribution in [1.82, 2.24) is 4.98 Å². The van der Waals surface area contributed by atoms with E-state index in [0.29, 0.717) is 12.2 Å². The van der Waals surface area contributed by atoms with Gasteiger partial charge in [-0.2, -0.15) is 0 Å². The third kappa shape index (κ3) is 2.01. The lowest BCUT2D eigenvalue weighted by atomic mass is 9.98. The number of carbonyl (C=O) groups is 1. The number of rotatable bonds is 3. The van der Waals surface area contributed by atoms with Crippen LogP contribution in [0, 0.1) is 0 Å². The third-order valence-electron chi connectivity index (χ3n) is 2.63. The molecule has 0 N–H and O–H groups in total. The Balaban J connectivity index is 2.02. The average molecular weight is 227 g/mol. The Kier molecular flexibility index (Phi) is 2.93. The summed E-state index contributed by atoms with van der Waals surface area (Å²) in [5, 5.41) is 0. The highest BCUT2D eigenvalue weighted by molar-refractivity contribution is 8.01. The molecule has 0 aliphatic carbocycles. The van der Waals surface area contributed by atoms with Crippen molar-refractivity contribution in [1.29, 1.82) is 0 Å². The molecule has 2 heterocycles. The number of thioether (sulfide) groups is 1. The molecule has 14 heavy (non-hydrogen) atoms. The highest BCUT2D eigenvalue weighted by Crippen LogP contribution is 2.39. The number of Topliss-reactive ketones (excluding diaryl/α,β-unsaturated/α-hetero) is 1. The van der Waals surface area contributed by atoms with Crippen LogP contribution < -0.4 is 0 Å². The summed E-state index contributed by atoms with van der Waals surface area (Å²) in [6.07, 6.45) is 4.57. The summed E-state index contributed by atoms with van der Waals surface area (Å²) in [7, 11) is 0. The van der Waals surface area contributed by atoms with E-state index in [4.69, 9.17) is 0 Å². The number of carbonyl (C=O) groups excluding carboxylic acids is 1. The normalized spacial score (nSPS) is 26.6. The second-order valence-corrected chi connectivity index (χ2v) is 6.32. The molecule has 4 heteroatoms. The maximum absolute atomic E-state index is 12.0. The van der Waals surface area contributed by atoms with E-state index in [2.05, 4.69) is 11.9 Å². The van der Waals surface area contributed by atoms with Crippen LogP contribution in [0.2, 0.25) is 0 Å². The first-order valence-corrected chi connectivity index (χ1v) is 6.62. The molecule has 1 aliphatic heterocycles. The summed E-state index contributed by atoms with van der Waals surface area (Å²) in [6.45, 7) is 2.08. The van der Waals surface area contributed by atoms with Crippen molar-refractivity contribution < 1.29 is 4.79 Å². The number of thiazole rings is 1. The van der Waals surface area contributed by atoms with Gasteiger partial charge in [0, 0.05) is 17.5 Å². The van der Waals surface area contributed by atoms with Crippen molar-refractivity contribution >= 4 is 28.9 Å². The molecule has 1 aliphatic rings. The third-order valence-corrected chi connectivity index (χ3v) is 4.97. The average Bonchev–Trinajstić information content (AvgIpc) is 2.76. The minimum atomic E-state index is -0.121. The topological polar surface area (TPSA) is 30.0 Å². The van der Waals surface area contributed by atoms with Crippen molar-refractivity contribution in [3.05, 3.63) is 16.6 Å². The van der Waals surface area contributed by atoms with Crippen LogP contribution in [0.15, 0.2) is 11.7 Å². The van der Waals surface area contributed by atoms with E-state index >= 15 is 0 Å². The summed E-state index contributed by atoms with van der Waals surface area (Å²) in [5.41, 5.74) is 1.78. The van der Waals surface area contributed by atoms with Crippen LogP contribution in [0.3, 0.4) is 0 Å². The molecule has 2 rings (SSSR count). The Morgan fingerprint density at radius 3 is 3.14 bits per heavy atom. The monoisotopic (exact) mass is 227 g/mol. The second kappa shape index (κ2) is 4.03. The van der Waals surface area contributed by atoms with Gasteiger partial charge in [0.2, 0.25) is 0 Å². The van der Waals surface area contributed by atoms with Crippen LogP contribution in [0.1, 0.15) is 24.6 Å². The Morgan fingerprint density at radius 1 is 1.71 bits per heavy atom. The largest absolute Gasteiger partial charge is 0.298 e. The zero-order valence-electron chi connectivity index (χ0n) is 8.16. The van der Waals surface area contributed by atoms with E-state index in [1.54, 1.807) is 23.0 Å². The molecule has 1 unspecified atom stereocenters. The fraction of sp³-hybridized carbons (Fsp3) is 0.600. The maximum Gasteiger partial charge on any atom is 0.153 e. The van der Waals surface area contributed by atoms with Crippen molar-refractivity contribution in [2.24, 2.45) is 0 Å². The van der Waals surface area contributed by atoms with Crippen molar-refractivity contribution in [3.63, 3.8) is 0 Å². The fourth-order valence-electron chi connectivity index (χ4n) is 1.67. The van der Waals surface area contributed by atoms with Gasteiger partial charge in [-0.05, 0) is 25.5 Å².